The molecule has 0 amide bonds. The van der Waals surface area contributed by atoms with Gasteiger partial charge in [0.15, 0.2) is 5.78 Å². The smallest absolute Gasteiger partial charge is 0.336 e. The zero-order valence-corrected chi connectivity index (χ0v) is 19.7. The maximum atomic E-state index is 13.3. The summed E-state index contributed by atoms with van der Waals surface area (Å²) in [5, 5.41) is 3.37. The Bertz CT molecular complexity index is 1130. The minimum Gasteiger partial charge on any atom is -0.490 e. The van der Waals surface area contributed by atoms with Gasteiger partial charge in [0.25, 0.3) is 0 Å². The van der Waals surface area contributed by atoms with E-state index in [1.807, 2.05) is 68.4 Å². The number of benzene rings is 2. The molecule has 1 unspecified atom stereocenters. The van der Waals surface area contributed by atoms with Crippen molar-refractivity contribution in [1.82, 2.24) is 5.32 Å². The van der Waals surface area contributed by atoms with Crippen molar-refractivity contribution in [2.75, 3.05) is 13.2 Å². The number of esters is 1. The predicted octanol–water partition coefficient (Wildman–Crippen LogP) is 5.22. The van der Waals surface area contributed by atoms with Crippen LogP contribution in [0.5, 0.6) is 5.75 Å². The highest BCUT2D eigenvalue weighted by atomic mass is 16.6. The Morgan fingerprint density at radius 1 is 1.03 bits per heavy atom. The van der Waals surface area contributed by atoms with Gasteiger partial charge in [-0.1, -0.05) is 61.9 Å². The second-order valence-electron chi connectivity index (χ2n) is 9.64. The lowest BCUT2D eigenvalue weighted by molar-refractivity contribution is -0.140. The van der Waals surface area contributed by atoms with Crippen molar-refractivity contribution in [1.29, 1.82) is 0 Å². The van der Waals surface area contributed by atoms with E-state index in [9.17, 15) is 9.59 Å². The Hall–Kier alpha value is -3.34. The molecule has 1 aliphatic heterocycles. The number of Topliss-reactive ketones (excluding diaryl/α,β-unsaturated/α-hetero) is 1. The molecule has 33 heavy (non-hydrogen) atoms. The summed E-state index contributed by atoms with van der Waals surface area (Å²) in [6.07, 6.45) is 1.23. The molecule has 1 N–H and O–H groups in total. The van der Waals surface area contributed by atoms with Gasteiger partial charge in [0.1, 0.15) is 19.0 Å². The summed E-state index contributed by atoms with van der Waals surface area (Å²) in [6, 6.07) is 17.4. The van der Waals surface area contributed by atoms with E-state index < -0.39 is 11.9 Å². The lowest BCUT2D eigenvalue weighted by Gasteiger charge is -2.39. The molecule has 0 spiro atoms. The third-order valence-corrected chi connectivity index (χ3v) is 6.16. The van der Waals surface area contributed by atoms with Crippen molar-refractivity contribution >= 4 is 11.8 Å². The molecule has 1 heterocycles. The third-order valence-electron chi connectivity index (χ3n) is 6.16. The molecule has 0 bridgehead atoms. The molecule has 0 saturated carbocycles. The number of para-hydroxylation sites is 1. The number of ether oxygens (including phenoxy) is 2. The molecule has 172 valence electrons. The highest BCUT2D eigenvalue weighted by Crippen LogP contribution is 2.46. The summed E-state index contributed by atoms with van der Waals surface area (Å²) in [6.45, 7) is 8.49. The van der Waals surface area contributed by atoms with Gasteiger partial charge in [0, 0.05) is 29.3 Å². The first-order valence-electron chi connectivity index (χ1n) is 11.4. The number of hydrogen-bond donors (Lipinski definition) is 1. The number of aryl methyl sites for hydroxylation is 1. The molecule has 5 heteroatoms. The van der Waals surface area contributed by atoms with Crippen LogP contribution in [-0.2, 0) is 14.3 Å². The van der Waals surface area contributed by atoms with E-state index in [0.717, 1.165) is 34.7 Å². The van der Waals surface area contributed by atoms with Crippen molar-refractivity contribution in [2.45, 2.75) is 46.5 Å². The molecular weight excluding hydrogens is 414 g/mol. The maximum Gasteiger partial charge on any atom is 0.336 e. The Balaban J connectivity index is 1.60. The fraction of sp³-hybridized carbons (Fsp3) is 0.357. The first kappa shape index (κ1) is 22.8. The Labute approximate surface area is 195 Å². The van der Waals surface area contributed by atoms with Crippen LogP contribution in [0.2, 0.25) is 0 Å². The van der Waals surface area contributed by atoms with E-state index in [-0.39, 0.29) is 24.4 Å². The van der Waals surface area contributed by atoms with Gasteiger partial charge in [0.2, 0.25) is 0 Å². The van der Waals surface area contributed by atoms with Gasteiger partial charge in [-0.05, 0) is 43.4 Å². The number of carbonyl (C=O) groups is 2. The minimum absolute atomic E-state index is 0.0884. The number of hydrogen-bond acceptors (Lipinski definition) is 5. The molecule has 2 aliphatic rings. The van der Waals surface area contributed by atoms with Gasteiger partial charge in [-0.15, -0.1) is 0 Å². The summed E-state index contributed by atoms with van der Waals surface area (Å²) in [5.74, 6) is -0.0451. The van der Waals surface area contributed by atoms with E-state index >= 15 is 0 Å². The summed E-state index contributed by atoms with van der Waals surface area (Å²) in [4.78, 5) is 26.6. The van der Waals surface area contributed by atoms with Crippen molar-refractivity contribution < 1.29 is 19.1 Å². The van der Waals surface area contributed by atoms with Crippen LogP contribution in [0.3, 0.4) is 0 Å². The highest BCUT2D eigenvalue weighted by molar-refractivity contribution is 6.04. The van der Waals surface area contributed by atoms with Crippen LogP contribution in [0, 0.1) is 12.3 Å². The van der Waals surface area contributed by atoms with Crippen LogP contribution in [0.25, 0.3) is 0 Å². The standard InChI is InChI=1S/C28H31NO4/c1-18-9-8-10-20(15-18)25-24(27(31)33-14-13-32-21-11-6-5-7-12-21)19(2)29-22-16-28(3,4)17-23(30)26(22)25/h5-12,15,25,29H,13-14,16-17H2,1-4H3. The second kappa shape index (κ2) is 9.26. The number of ketones is 1. The van der Waals surface area contributed by atoms with Gasteiger partial charge in [-0.2, -0.15) is 0 Å². The summed E-state index contributed by atoms with van der Waals surface area (Å²) < 4.78 is 11.3. The summed E-state index contributed by atoms with van der Waals surface area (Å²) in [5.41, 5.74) is 4.74. The lowest BCUT2D eigenvalue weighted by Crippen LogP contribution is -2.38. The Morgan fingerprint density at radius 2 is 1.79 bits per heavy atom. The van der Waals surface area contributed by atoms with Crippen LogP contribution in [0.4, 0.5) is 0 Å². The lowest BCUT2D eigenvalue weighted by atomic mass is 9.68. The van der Waals surface area contributed by atoms with E-state index in [2.05, 4.69) is 19.2 Å². The van der Waals surface area contributed by atoms with Gasteiger partial charge in [0.05, 0.1) is 5.57 Å². The normalized spacial score (nSPS) is 19.6. The number of dihydropyridines is 1. The number of allylic oxidation sites excluding steroid dienone is 3. The van der Waals surface area contributed by atoms with Crippen molar-refractivity contribution in [3.8, 4) is 5.75 Å². The van der Waals surface area contributed by atoms with E-state index in [4.69, 9.17) is 9.47 Å². The SMILES string of the molecule is CC1=C(C(=O)OCCOc2ccccc2)C(c2cccc(C)c2)C2=C(CC(C)(C)CC2=O)N1. The third kappa shape index (κ3) is 5.03. The predicted molar refractivity (Wildman–Crippen MR) is 128 cm³/mol. The molecule has 0 radical (unpaired) electrons. The second-order valence-corrected chi connectivity index (χ2v) is 9.64. The maximum absolute atomic E-state index is 13.3. The fourth-order valence-corrected chi connectivity index (χ4v) is 4.78. The van der Waals surface area contributed by atoms with Crippen LogP contribution in [0.1, 0.15) is 50.7 Å². The Kier molecular flexibility index (Phi) is 6.41. The van der Waals surface area contributed by atoms with E-state index in [0.29, 0.717) is 17.6 Å². The summed E-state index contributed by atoms with van der Waals surface area (Å²) >= 11 is 0. The topological polar surface area (TPSA) is 64.6 Å². The molecule has 1 aliphatic carbocycles. The number of rotatable bonds is 6. The van der Waals surface area contributed by atoms with Crippen LogP contribution in [0.15, 0.2) is 77.1 Å². The first-order valence-corrected chi connectivity index (χ1v) is 11.4. The quantitative estimate of drug-likeness (QED) is 0.488. The molecule has 0 fully saturated rings. The number of nitrogens with one attached hydrogen (secondary N) is 1. The number of carbonyl (C=O) groups excluding carboxylic acids is 2. The molecule has 1 atom stereocenters. The zero-order chi connectivity index (χ0) is 23.6. The molecular formula is C28H31NO4. The zero-order valence-electron chi connectivity index (χ0n) is 19.7. The van der Waals surface area contributed by atoms with E-state index in [1.54, 1.807) is 0 Å². The molecule has 4 rings (SSSR count). The first-order chi connectivity index (χ1) is 15.7. The van der Waals surface area contributed by atoms with Gasteiger partial charge in [-0.25, -0.2) is 4.79 Å². The van der Waals surface area contributed by atoms with Crippen LogP contribution >= 0.6 is 0 Å². The monoisotopic (exact) mass is 445 g/mol. The van der Waals surface area contributed by atoms with Gasteiger partial charge < -0.3 is 14.8 Å². The molecule has 0 saturated heterocycles. The van der Waals surface area contributed by atoms with Gasteiger partial charge >= 0.3 is 5.97 Å². The highest BCUT2D eigenvalue weighted by Gasteiger charge is 2.43. The largest absolute Gasteiger partial charge is 0.490 e. The molecule has 2 aromatic carbocycles. The average molecular weight is 446 g/mol. The van der Waals surface area contributed by atoms with E-state index in [1.165, 1.54) is 0 Å². The fourth-order valence-electron chi connectivity index (χ4n) is 4.78. The van der Waals surface area contributed by atoms with Crippen molar-refractivity contribution in [2.24, 2.45) is 5.41 Å². The average Bonchev–Trinajstić information content (AvgIpc) is 2.75. The van der Waals surface area contributed by atoms with Crippen molar-refractivity contribution in [3.63, 3.8) is 0 Å². The molecule has 0 aromatic heterocycles. The van der Waals surface area contributed by atoms with Crippen LogP contribution < -0.4 is 10.1 Å². The van der Waals surface area contributed by atoms with Gasteiger partial charge in [-0.3, -0.25) is 4.79 Å². The summed E-state index contributed by atoms with van der Waals surface area (Å²) in [7, 11) is 0. The minimum atomic E-state index is -0.438. The van der Waals surface area contributed by atoms with Crippen LogP contribution in [-0.4, -0.2) is 25.0 Å². The molecule has 5 nitrogen and oxygen atoms in total. The molecule has 2 aromatic rings. The Morgan fingerprint density at radius 3 is 2.52 bits per heavy atom. The van der Waals surface area contributed by atoms with Crippen molar-refractivity contribution in [3.05, 3.63) is 88.3 Å².